The van der Waals surface area contributed by atoms with E-state index in [0.29, 0.717) is 6.42 Å². The second-order valence-corrected chi connectivity index (χ2v) is 11.4. The summed E-state index contributed by atoms with van der Waals surface area (Å²) >= 11 is 0. The van der Waals surface area contributed by atoms with Gasteiger partial charge in [-0.1, -0.05) is 50.0 Å². The lowest BCUT2D eigenvalue weighted by Crippen LogP contribution is -2.50. The number of carbonyl (C=O) groups is 1. The van der Waals surface area contributed by atoms with E-state index in [0.717, 1.165) is 57.8 Å². The van der Waals surface area contributed by atoms with Crippen LogP contribution in [-0.2, 0) is 9.53 Å². The van der Waals surface area contributed by atoms with Gasteiger partial charge in [0, 0.05) is 5.57 Å². The van der Waals surface area contributed by atoms with E-state index in [2.05, 4.69) is 65.5 Å². The Balaban J connectivity index is 1.86. The highest BCUT2D eigenvalue weighted by Gasteiger charge is 2.48. The van der Waals surface area contributed by atoms with Crippen LogP contribution >= 0.6 is 0 Å². The normalized spacial score (nSPS) is 26.0. The van der Waals surface area contributed by atoms with E-state index in [1.165, 1.54) is 40.7 Å². The minimum Gasteiger partial charge on any atom is -0.481 e. The quantitative estimate of drug-likeness (QED) is 0.198. The maximum Gasteiger partial charge on any atom is 0.306 e. The number of rotatable bonds is 14. The lowest BCUT2D eigenvalue weighted by Gasteiger charge is -2.50. The summed E-state index contributed by atoms with van der Waals surface area (Å²) in [7, 11) is 0. The van der Waals surface area contributed by atoms with Crippen molar-refractivity contribution < 1.29 is 14.6 Å². The summed E-state index contributed by atoms with van der Waals surface area (Å²) < 4.78 is 7.07. The van der Waals surface area contributed by atoms with E-state index in [1.54, 1.807) is 6.92 Å². The Kier molecular flexibility index (Phi) is 11.3. The number of hydrogen-bond donors (Lipinski definition) is 1. The Hall–Kier alpha value is -1.83. The van der Waals surface area contributed by atoms with Gasteiger partial charge in [0.2, 0.25) is 0 Å². The standard InChI is InChI=1S/C32H50O3/c1-8-9-22-32-28(6)26(4)18-19-29(32)20-23-31(7,35-32)21-12-16-25(3)14-10-13-24(2)15-11-17-27(5)30(33)34/h14-15,18,27H,8-13,16-17,20-23H2,1-7H3,(H,33,34). The molecule has 3 nitrogen and oxygen atoms in total. The van der Waals surface area contributed by atoms with Crippen molar-refractivity contribution >= 4 is 5.97 Å². The maximum atomic E-state index is 10.9. The number of ether oxygens (including phenoxy) is 1. The van der Waals surface area contributed by atoms with E-state index in [4.69, 9.17) is 9.84 Å². The first-order valence-corrected chi connectivity index (χ1v) is 13.9. The molecule has 1 saturated heterocycles. The van der Waals surface area contributed by atoms with Crippen molar-refractivity contribution in [2.75, 3.05) is 0 Å². The summed E-state index contributed by atoms with van der Waals surface area (Å²) in [5.74, 6) is -0.966. The minimum absolute atomic E-state index is 0.0789. The van der Waals surface area contributed by atoms with Crippen molar-refractivity contribution in [3.05, 3.63) is 51.8 Å². The molecule has 0 radical (unpaired) electrons. The Labute approximate surface area is 215 Å². The predicted molar refractivity (Wildman–Crippen MR) is 148 cm³/mol. The summed E-state index contributed by atoms with van der Waals surface area (Å²) in [5, 5.41) is 9.00. The molecule has 0 bridgehead atoms. The molecule has 2 aliphatic rings. The molecule has 1 N–H and O–H groups in total. The first kappa shape index (κ1) is 29.4. The molecule has 0 saturated carbocycles. The molecule has 35 heavy (non-hydrogen) atoms. The number of hydrogen-bond acceptors (Lipinski definition) is 2. The van der Waals surface area contributed by atoms with Crippen LogP contribution in [0.25, 0.3) is 0 Å². The van der Waals surface area contributed by atoms with E-state index in [-0.39, 0.29) is 17.1 Å². The number of unbranched alkanes of at least 4 members (excludes halogenated alkanes) is 1. The highest BCUT2D eigenvalue weighted by atomic mass is 16.5. The Morgan fingerprint density at radius 2 is 1.83 bits per heavy atom. The fourth-order valence-electron chi connectivity index (χ4n) is 5.42. The zero-order valence-electron chi connectivity index (χ0n) is 23.6. The molecule has 3 atom stereocenters. The van der Waals surface area contributed by atoms with Gasteiger partial charge in [0.25, 0.3) is 0 Å². The SMILES string of the molecule is CCCCC12OC(C)(CCCC(C)=CCCC(C)=CCCC(C)C(=O)O)CCC1=C=CC(C)=C2C. The monoisotopic (exact) mass is 482 g/mol. The van der Waals surface area contributed by atoms with Crippen LogP contribution in [0.1, 0.15) is 126 Å². The van der Waals surface area contributed by atoms with Crippen LogP contribution in [0.3, 0.4) is 0 Å². The smallest absolute Gasteiger partial charge is 0.306 e. The van der Waals surface area contributed by atoms with Gasteiger partial charge in [-0.3, -0.25) is 4.79 Å². The van der Waals surface area contributed by atoms with Gasteiger partial charge in [0.15, 0.2) is 0 Å². The Bertz CT molecular complexity index is 896. The van der Waals surface area contributed by atoms with Crippen LogP contribution in [0.4, 0.5) is 0 Å². The Morgan fingerprint density at radius 3 is 2.51 bits per heavy atom. The highest BCUT2D eigenvalue weighted by molar-refractivity contribution is 5.69. The van der Waals surface area contributed by atoms with Crippen molar-refractivity contribution in [2.24, 2.45) is 5.92 Å². The zero-order valence-corrected chi connectivity index (χ0v) is 23.6. The summed E-state index contributed by atoms with van der Waals surface area (Å²) in [6, 6.07) is 0. The van der Waals surface area contributed by atoms with Crippen LogP contribution in [0.2, 0.25) is 0 Å². The Morgan fingerprint density at radius 1 is 1.14 bits per heavy atom. The zero-order chi connectivity index (χ0) is 26.1. The van der Waals surface area contributed by atoms with Crippen molar-refractivity contribution in [1.29, 1.82) is 0 Å². The summed E-state index contributed by atoms with van der Waals surface area (Å²) in [4.78, 5) is 10.9. The molecule has 3 heteroatoms. The van der Waals surface area contributed by atoms with E-state index < -0.39 is 5.97 Å². The fourth-order valence-corrected chi connectivity index (χ4v) is 5.42. The number of carboxylic acid groups (broad SMARTS) is 1. The van der Waals surface area contributed by atoms with Gasteiger partial charge in [0.05, 0.1) is 11.5 Å². The second-order valence-electron chi connectivity index (χ2n) is 11.4. The fraction of sp³-hybridized carbons (Fsp3) is 0.688. The van der Waals surface area contributed by atoms with Crippen LogP contribution in [0.5, 0.6) is 0 Å². The third-order valence-corrected chi connectivity index (χ3v) is 8.18. The summed E-state index contributed by atoms with van der Waals surface area (Å²) in [6.45, 7) is 15.3. The first-order chi connectivity index (χ1) is 16.5. The van der Waals surface area contributed by atoms with Gasteiger partial charge < -0.3 is 9.84 Å². The molecule has 0 spiro atoms. The van der Waals surface area contributed by atoms with Gasteiger partial charge >= 0.3 is 5.97 Å². The van der Waals surface area contributed by atoms with E-state index in [9.17, 15) is 4.79 Å². The largest absolute Gasteiger partial charge is 0.481 e. The van der Waals surface area contributed by atoms with Gasteiger partial charge in [-0.2, -0.15) is 0 Å². The lowest BCUT2D eigenvalue weighted by molar-refractivity contribution is -0.144. The predicted octanol–water partition coefficient (Wildman–Crippen LogP) is 9.26. The van der Waals surface area contributed by atoms with Gasteiger partial charge in [-0.15, -0.1) is 5.73 Å². The van der Waals surface area contributed by atoms with E-state index >= 15 is 0 Å². The molecule has 196 valence electrons. The molecular weight excluding hydrogens is 432 g/mol. The van der Waals surface area contributed by atoms with Crippen LogP contribution in [0.15, 0.2) is 51.8 Å². The van der Waals surface area contributed by atoms with Crippen molar-refractivity contribution in [2.45, 2.75) is 137 Å². The average Bonchev–Trinajstić information content (AvgIpc) is 2.80. The third kappa shape index (κ3) is 8.36. The molecule has 0 aromatic carbocycles. The van der Waals surface area contributed by atoms with Crippen LogP contribution in [0, 0.1) is 5.92 Å². The molecule has 1 aliphatic carbocycles. The second kappa shape index (κ2) is 13.5. The van der Waals surface area contributed by atoms with Gasteiger partial charge in [-0.05, 0) is 116 Å². The molecule has 1 heterocycles. The van der Waals surface area contributed by atoms with Crippen molar-refractivity contribution in [3.8, 4) is 0 Å². The van der Waals surface area contributed by atoms with Crippen LogP contribution in [-0.4, -0.2) is 22.3 Å². The first-order valence-electron chi connectivity index (χ1n) is 13.9. The summed E-state index contributed by atoms with van der Waals surface area (Å²) in [6.07, 6.45) is 19.4. The maximum absolute atomic E-state index is 10.9. The molecule has 0 aromatic heterocycles. The summed E-state index contributed by atoms with van der Waals surface area (Å²) in [5.41, 5.74) is 10.2. The highest BCUT2D eigenvalue weighted by Crippen LogP contribution is 2.49. The number of carboxylic acids is 1. The van der Waals surface area contributed by atoms with Crippen LogP contribution < -0.4 is 0 Å². The molecule has 2 rings (SSSR count). The third-order valence-electron chi connectivity index (χ3n) is 8.18. The average molecular weight is 483 g/mol. The minimum atomic E-state index is -0.701. The van der Waals surface area contributed by atoms with Crippen molar-refractivity contribution in [1.82, 2.24) is 0 Å². The number of allylic oxidation sites excluding steroid dienone is 5. The molecular formula is C32H50O3. The van der Waals surface area contributed by atoms with Gasteiger partial charge in [0.1, 0.15) is 5.60 Å². The number of aliphatic carboxylic acids is 1. The molecule has 1 aliphatic heterocycles. The molecule has 0 aromatic rings. The topological polar surface area (TPSA) is 46.5 Å². The van der Waals surface area contributed by atoms with Crippen molar-refractivity contribution in [3.63, 3.8) is 0 Å². The molecule has 1 fully saturated rings. The molecule has 3 unspecified atom stereocenters. The molecule has 0 amide bonds. The lowest BCUT2D eigenvalue weighted by atomic mass is 9.71. The van der Waals surface area contributed by atoms with E-state index in [1.807, 2.05) is 0 Å². The van der Waals surface area contributed by atoms with Gasteiger partial charge in [-0.25, -0.2) is 0 Å². The number of fused-ring (bicyclic) bond motifs is 1.